The predicted molar refractivity (Wildman–Crippen MR) is 74.0 cm³/mol. The van der Waals surface area contributed by atoms with Crippen molar-refractivity contribution < 1.29 is 22.7 Å². The number of rotatable bonds is 3. The second kappa shape index (κ2) is 6.17. The van der Waals surface area contributed by atoms with E-state index in [0.29, 0.717) is 17.7 Å². The van der Waals surface area contributed by atoms with Gasteiger partial charge < -0.3 is 10.5 Å². The Labute approximate surface area is 126 Å². The summed E-state index contributed by atoms with van der Waals surface area (Å²) >= 11 is 3.00. The van der Waals surface area contributed by atoms with Crippen molar-refractivity contribution in [3.8, 4) is 0 Å². The van der Waals surface area contributed by atoms with Crippen LogP contribution in [-0.4, -0.2) is 5.97 Å². The SMILES string of the molecule is Nc1cc(F)c(F)cc1C(=O)OCc1ccc(F)c(Br)c1. The topological polar surface area (TPSA) is 52.3 Å². The van der Waals surface area contributed by atoms with Gasteiger partial charge in [-0.1, -0.05) is 6.07 Å². The number of benzene rings is 2. The molecule has 21 heavy (non-hydrogen) atoms. The van der Waals surface area contributed by atoms with Crippen molar-refractivity contribution in [2.45, 2.75) is 6.61 Å². The Bertz CT molecular complexity index is 707. The van der Waals surface area contributed by atoms with Gasteiger partial charge in [0.15, 0.2) is 11.6 Å². The van der Waals surface area contributed by atoms with Crippen LogP contribution in [-0.2, 0) is 11.3 Å². The molecule has 0 aliphatic rings. The predicted octanol–water partition coefficient (Wildman–Crippen LogP) is 3.81. The van der Waals surface area contributed by atoms with Gasteiger partial charge in [-0.2, -0.15) is 0 Å². The summed E-state index contributed by atoms with van der Waals surface area (Å²) < 4.78 is 44.2. The van der Waals surface area contributed by atoms with Crippen LogP contribution in [0.2, 0.25) is 0 Å². The molecule has 2 aromatic carbocycles. The molecule has 0 bridgehead atoms. The minimum absolute atomic E-state index is 0.157. The van der Waals surface area contributed by atoms with Crippen LogP contribution in [0.1, 0.15) is 15.9 Å². The Kier molecular flexibility index (Phi) is 4.52. The van der Waals surface area contributed by atoms with Gasteiger partial charge in [0.2, 0.25) is 0 Å². The van der Waals surface area contributed by atoms with Crippen molar-refractivity contribution in [3.63, 3.8) is 0 Å². The van der Waals surface area contributed by atoms with Crippen LogP contribution in [0.25, 0.3) is 0 Å². The summed E-state index contributed by atoms with van der Waals surface area (Å²) in [7, 11) is 0. The molecule has 0 heterocycles. The van der Waals surface area contributed by atoms with E-state index >= 15 is 0 Å². The summed E-state index contributed by atoms with van der Waals surface area (Å²) in [5, 5.41) is 0. The summed E-state index contributed by atoms with van der Waals surface area (Å²) in [6, 6.07) is 5.46. The number of hydrogen-bond acceptors (Lipinski definition) is 3. The first kappa shape index (κ1) is 15.4. The average Bonchev–Trinajstić information content (AvgIpc) is 2.44. The molecule has 2 N–H and O–H groups in total. The number of halogens is 4. The van der Waals surface area contributed by atoms with Gasteiger partial charge in [-0.15, -0.1) is 0 Å². The van der Waals surface area contributed by atoms with Crippen molar-refractivity contribution >= 4 is 27.6 Å². The molecule has 0 radical (unpaired) electrons. The Morgan fingerprint density at radius 2 is 1.76 bits per heavy atom. The van der Waals surface area contributed by atoms with Crippen LogP contribution >= 0.6 is 15.9 Å². The highest BCUT2D eigenvalue weighted by Gasteiger charge is 2.16. The van der Waals surface area contributed by atoms with Crippen molar-refractivity contribution in [2.75, 3.05) is 5.73 Å². The zero-order valence-corrected chi connectivity index (χ0v) is 12.1. The van der Waals surface area contributed by atoms with Gasteiger partial charge in [0.1, 0.15) is 12.4 Å². The van der Waals surface area contributed by atoms with E-state index < -0.39 is 23.4 Å². The van der Waals surface area contributed by atoms with Gasteiger partial charge in [-0.05, 0) is 39.7 Å². The van der Waals surface area contributed by atoms with Crippen LogP contribution < -0.4 is 5.73 Å². The first-order valence-electron chi connectivity index (χ1n) is 5.74. The molecular formula is C14H9BrF3NO2. The maximum Gasteiger partial charge on any atom is 0.340 e. The number of esters is 1. The van der Waals surface area contributed by atoms with Crippen molar-refractivity contribution in [2.24, 2.45) is 0 Å². The molecule has 7 heteroatoms. The van der Waals surface area contributed by atoms with Crippen LogP contribution in [0.15, 0.2) is 34.8 Å². The summed E-state index contributed by atoms with van der Waals surface area (Å²) in [5.41, 5.74) is 5.47. The second-order valence-electron chi connectivity index (χ2n) is 4.18. The zero-order chi connectivity index (χ0) is 15.6. The van der Waals surface area contributed by atoms with Gasteiger partial charge in [0.05, 0.1) is 10.0 Å². The molecule has 0 saturated carbocycles. The minimum Gasteiger partial charge on any atom is -0.457 e. The third kappa shape index (κ3) is 3.55. The molecule has 0 atom stereocenters. The fourth-order valence-electron chi connectivity index (χ4n) is 1.60. The largest absolute Gasteiger partial charge is 0.457 e. The lowest BCUT2D eigenvalue weighted by Crippen LogP contribution is -2.09. The van der Waals surface area contributed by atoms with E-state index in [1.807, 2.05) is 0 Å². The van der Waals surface area contributed by atoms with Gasteiger partial charge in [-0.25, -0.2) is 18.0 Å². The highest BCUT2D eigenvalue weighted by molar-refractivity contribution is 9.10. The summed E-state index contributed by atoms with van der Waals surface area (Å²) in [4.78, 5) is 11.8. The summed E-state index contributed by atoms with van der Waals surface area (Å²) in [6.45, 7) is -0.157. The highest BCUT2D eigenvalue weighted by Crippen LogP contribution is 2.20. The Balaban J connectivity index is 2.11. The molecule has 0 aliphatic carbocycles. The van der Waals surface area contributed by atoms with E-state index in [0.717, 1.165) is 0 Å². The first-order chi connectivity index (χ1) is 9.88. The molecule has 3 nitrogen and oxygen atoms in total. The lowest BCUT2D eigenvalue weighted by atomic mass is 10.1. The average molecular weight is 360 g/mol. The van der Waals surface area contributed by atoms with E-state index in [4.69, 9.17) is 10.5 Å². The highest BCUT2D eigenvalue weighted by atomic mass is 79.9. The van der Waals surface area contributed by atoms with Crippen molar-refractivity contribution in [3.05, 3.63) is 63.4 Å². The van der Waals surface area contributed by atoms with Crippen LogP contribution in [0.4, 0.5) is 18.9 Å². The molecule has 0 spiro atoms. The molecule has 0 aromatic heterocycles. The zero-order valence-electron chi connectivity index (χ0n) is 10.5. The number of hydrogen-bond donors (Lipinski definition) is 1. The van der Waals surface area contributed by atoms with Gasteiger partial charge in [0.25, 0.3) is 0 Å². The molecular weight excluding hydrogens is 351 g/mol. The Hall–Kier alpha value is -2.02. The lowest BCUT2D eigenvalue weighted by molar-refractivity contribution is 0.0473. The number of anilines is 1. The molecule has 0 aliphatic heterocycles. The number of carbonyl (C=O) groups excluding carboxylic acids is 1. The molecule has 2 rings (SSSR count). The van der Waals surface area contributed by atoms with Gasteiger partial charge in [0, 0.05) is 11.8 Å². The number of carbonyl (C=O) groups is 1. The molecule has 2 aromatic rings. The standard InChI is InChI=1S/C14H9BrF3NO2/c15-9-3-7(1-2-10(9)16)6-21-14(20)8-4-11(17)12(18)5-13(8)19/h1-5H,6,19H2. The summed E-state index contributed by atoms with van der Waals surface area (Å²) in [6.07, 6.45) is 0. The molecule has 0 fully saturated rings. The van der Waals surface area contributed by atoms with Gasteiger partial charge in [-0.3, -0.25) is 0 Å². The van der Waals surface area contributed by atoms with Crippen LogP contribution in [0.3, 0.4) is 0 Å². The molecule has 0 unspecified atom stereocenters. The summed E-state index contributed by atoms with van der Waals surface area (Å²) in [5.74, 6) is -3.69. The minimum atomic E-state index is -1.19. The lowest BCUT2D eigenvalue weighted by Gasteiger charge is -2.08. The van der Waals surface area contributed by atoms with Crippen molar-refractivity contribution in [1.82, 2.24) is 0 Å². The Morgan fingerprint density at radius 1 is 1.10 bits per heavy atom. The molecule has 110 valence electrons. The Morgan fingerprint density at radius 3 is 2.43 bits per heavy atom. The van der Waals surface area contributed by atoms with E-state index in [1.54, 1.807) is 0 Å². The molecule has 0 amide bonds. The van der Waals surface area contributed by atoms with Crippen molar-refractivity contribution in [1.29, 1.82) is 0 Å². The van der Waals surface area contributed by atoms with E-state index in [9.17, 15) is 18.0 Å². The number of nitrogens with two attached hydrogens (primary N) is 1. The third-order valence-electron chi connectivity index (χ3n) is 2.67. The van der Waals surface area contributed by atoms with Gasteiger partial charge >= 0.3 is 5.97 Å². The van der Waals surface area contributed by atoms with Crippen LogP contribution in [0.5, 0.6) is 0 Å². The number of ether oxygens (including phenoxy) is 1. The van der Waals surface area contributed by atoms with E-state index in [1.165, 1.54) is 18.2 Å². The first-order valence-corrected chi connectivity index (χ1v) is 6.53. The van der Waals surface area contributed by atoms with E-state index in [2.05, 4.69) is 15.9 Å². The second-order valence-corrected chi connectivity index (χ2v) is 5.03. The number of nitrogen functional groups attached to an aromatic ring is 1. The fraction of sp³-hybridized carbons (Fsp3) is 0.0714. The normalized spacial score (nSPS) is 10.5. The smallest absolute Gasteiger partial charge is 0.340 e. The fourth-order valence-corrected chi connectivity index (χ4v) is 2.02. The molecule has 0 saturated heterocycles. The maximum atomic E-state index is 13.1. The monoisotopic (exact) mass is 359 g/mol. The third-order valence-corrected chi connectivity index (χ3v) is 3.27. The van der Waals surface area contributed by atoms with Crippen LogP contribution in [0, 0.1) is 17.5 Å². The quantitative estimate of drug-likeness (QED) is 0.669. The maximum absolute atomic E-state index is 13.1. The van der Waals surface area contributed by atoms with E-state index in [-0.39, 0.29) is 22.3 Å².